The van der Waals surface area contributed by atoms with Crippen molar-refractivity contribution in [3.8, 4) is 0 Å². The monoisotopic (exact) mass is 274 g/mol. The first-order valence-electron chi connectivity index (χ1n) is 5.58. The molecule has 0 aliphatic rings. The summed E-state index contributed by atoms with van der Waals surface area (Å²) >= 11 is 0. The first-order valence-corrected chi connectivity index (χ1v) is 5.58. The zero-order valence-electron chi connectivity index (χ0n) is 10.4. The molecule has 0 aromatic heterocycles. The number of aliphatic carboxylic acids is 1. The van der Waals surface area contributed by atoms with Gasteiger partial charge < -0.3 is 5.11 Å². The lowest BCUT2D eigenvalue weighted by atomic mass is 9.74. The van der Waals surface area contributed by atoms with Gasteiger partial charge in [0.15, 0.2) is 11.2 Å². The second-order valence-corrected chi connectivity index (χ2v) is 4.20. The maximum atomic E-state index is 12.6. The van der Waals surface area contributed by atoms with Crippen LogP contribution >= 0.6 is 0 Å². The van der Waals surface area contributed by atoms with Crippen molar-refractivity contribution in [2.45, 2.75) is 31.9 Å². The third kappa shape index (κ3) is 2.62. The van der Waals surface area contributed by atoms with Crippen molar-refractivity contribution in [1.29, 1.82) is 0 Å². The van der Waals surface area contributed by atoms with Crippen LogP contribution in [0.15, 0.2) is 24.3 Å². The molecule has 0 bridgehead atoms. The molecule has 104 valence electrons. The molecule has 1 rings (SSSR count). The molecule has 1 aromatic rings. The summed E-state index contributed by atoms with van der Waals surface area (Å²) in [4.78, 5) is 23.0. The van der Waals surface area contributed by atoms with E-state index in [2.05, 4.69) is 0 Å². The number of rotatable bonds is 4. The van der Waals surface area contributed by atoms with Crippen molar-refractivity contribution >= 4 is 11.8 Å². The number of carboxylic acid groups (broad SMARTS) is 1. The molecule has 1 N–H and O–H groups in total. The first-order chi connectivity index (χ1) is 8.66. The lowest BCUT2D eigenvalue weighted by Crippen LogP contribution is -2.42. The van der Waals surface area contributed by atoms with Crippen LogP contribution in [0.3, 0.4) is 0 Å². The fourth-order valence-electron chi connectivity index (χ4n) is 2.04. The fourth-order valence-corrected chi connectivity index (χ4v) is 2.04. The SMILES string of the molecule is CCC(C(C)=O)(C(=O)O)c1cccc(C(F)(F)F)c1. The van der Waals surface area contributed by atoms with Gasteiger partial charge in [0, 0.05) is 0 Å². The van der Waals surface area contributed by atoms with Gasteiger partial charge in [-0.2, -0.15) is 13.2 Å². The Hall–Kier alpha value is -1.85. The molecule has 0 spiro atoms. The summed E-state index contributed by atoms with van der Waals surface area (Å²) in [5.41, 5.74) is -3.04. The van der Waals surface area contributed by atoms with E-state index >= 15 is 0 Å². The van der Waals surface area contributed by atoms with Gasteiger partial charge in [0.25, 0.3) is 0 Å². The third-order valence-electron chi connectivity index (χ3n) is 3.18. The number of carboxylic acids is 1. The van der Waals surface area contributed by atoms with E-state index in [1.165, 1.54) is 13.0 Å². The number of hydrogen-bond donors (Lipinski definition) is 1. The topological polar surface area (TPSA) is 54.4 Å². The Bertz CT molecular complexity index is 492. The van der Waals surface area contributed by atoms with Crippen LogP contribution in [0.4, 0.5) is 13.2 Å². The van der Waals surface area contributed by atoms with Crippen LogP contribution < -0.4 is 0 Å². The van der Waals surface area contributed by atoms with E-state index in [0.29, 0.717) is 0 Å². The quantitative estimate of drug-likeness (QED) is 0.859. The van der Waals surface area contributed by atoms with Crippen molar-refractivity contribution in [3.63, 3.8) is 0 Å². The van der Waals surface area contributed by atoms with Gasteiger partial charge in [0.1, 0.15) is 0 Å². The van der Waals surface area contributed by atoms with Gasteiger partial charge in [0.2, 0.25) is 0 Å². The summed E-state index contributed by atoms with van der Waals surface area (Å²) in [5.74, 6) is -2.14. The highest BCUT2D eigenvalue weighted by Gasteiger charge is 2.44. The predicted molar refractivity (Wildman–Crippen MR) is 61.7 cm³/mol. The van der Waals surface area contributed by atoms with Gasteiger partial charge in [-0.05, 0) is 25.0 Å². The molecular weight excluding hydrogens is 261 g/mol. The lowest BCUT2D eigenvalue weighted by molar-refractivity contribution is -0.149. The maximum absolute atomic E-state index is 12.6. The highest BCUT2D eigenvalue weighted by atomic mass is 19.4. The summed E-state index contributed by atoms with van der Waals surface area (Å²) in [5, 5.41) is 9.24. The second kappa shape index (κ2) is 5.03. The molecule has 0 aliphatic carbocycles. The van der Waals surface area contributed by atoms with Gasteiger partial charge in [-0.1, -0.05) is 25.1 Å². The molecule has 0 saturated heterocycles. The van der Waals surface area contributed by atoms with Crippen LogP contribution in [-0.4, -0.2) is 16.9 Å². The van der Waals surface area contributed by atoms with Crippen LogP contribution in [0.2, 0.25) is 0 Å². The summed E-state index contributed by atoms with van der Waals surface area (Å²) in [7, 11) is 0. The standard InChI is InChI=1S/C13H13F3O3/c1-3-12(8(2)17,11(18)19)9-5-4-6-10(7-9)13(14,15)16/h4-7H,3H2,1-2H3,(H,18,19). The number of Topliss-reactive ketones (excluding diaryl/α,β-unsaturated/α-hetero) is 1. The minimum absolute atomic E-state index is 0.112. The molecule has 0 radical (unpaired) electrons. The smallest absolute Gasteiger partial charge is 0.416 e. The number of hydrogen-bond acceptors (Lipinski definition) is 2. The molecular formula is C13H13F3O3. The summed E-state index contributed by atoms with van der Waals surface area (Å²) in [6.07, 6.45) is -4.69. The molecule has 1 atom stereocenters. The van der Waals surface area contributed by atoms with E-state index in [9.17, 15) is 27.9 Å². The molecule has 6 heteroatoms. The van der Waals surface area contributed by atoms with Crippen LogP contribution in [-0.2, 0) is 21.2 Å². The summed E-state index contributed by atoms with van der Waals surface area (Å²) < 4.78 is 37.9. The molecule has 3 nitrogen and oxygen atoms in total. The number of halogens is 3. The Morgan fingerprint density at radius 2 is 1.74 bits per heavy atom. The number of carbonyl (C=O) groups excluding carboxylic acids is 1. The minimum atomic E-state index is -4.58. The third-order valence-corrected chi connectivity index (χ3v) is 3.18. The van der Waals surface area contributed by atoms with Gasteiger partial charge in [-0.3, -0.25) is 9.59 Å². The van der Waals surface area contributed by atoms with Crippen molar-refractivity contribution < 1.29 is 27.9 Å². The molecule has 0 fully saturated rings. The molecule has 1 aromatic carbocycles. The number of benzene rings is 1. The van der Waals surface area contributed by atoms with E-state index in [1.54, 1.807) is 0 Å². The van der Waals surface area contributed by atoms with E-state index < -0.39 is 28.9 Å². The second-order valence-electron chi connectivity index (χ2n) is 4.20. The van der Waals surface area contributed by atoms with Gasteiger partial charge in [-0.15, -0.1) is 0 Å². The van der Waals surface area contributed by atoms with E-state index in [4.69, 9.17) is 0 Å². The lowest BCUT2D eigenvalue weighted by Gasteiger charge is -2.26. The molecule has 1 unspecified atom stereocenters. The molecule has 0 aliphatic heterocycles. The van der Waals surface area contributed by atoms with E-state index in [1.807, 2.05) is 0 Å². The molecule has 0 saturated carbocycles. The van der Waals surface area contributed by atoms with E-state index in [-0.39, 0.29) is 12.0 Å². The van der Waals surface area contributed by atoms with Crippen molar-refractivity contribution in [2.24, 2.45) is 0 Å². The van der Waals surface area contributed by atoms with Crippen molar-refractivity contribution in [1.82, 2.24) is 0 Å². The predicted octanol–water partition coefficient (Wildman–Crippen LogP) is 3.03. The van der Waals surface area contributed by atoms with Crippen molar-refractivity contribution in [2.75, 3.05) is 0 Å². The zero-order chi connectivity index (χ0) is 14.8. The Kier molecular flexibility index (Phi) is 4.03. The normalized spacial score (nSPS) is 14.8. The maximum Gasteiger partial charge on any atom is 0.416 e. The highest BCUT2D eigenvalue weighted by molar-refractivity contribution is 6.07. The Balaban J connectivity index is 3.49. The average Bonchev–Trinajstić information content (AvgIpc) is 2.29. The van der Waals surface area contributed by atoms with Crippen molar-refractivity contribution in [3.05, 3.63) is 35.4 Å². The number of alkyl halides is 3. The van der Waals surface area contributed by atoms with Gasteiger partial charge >= 0.3 is 12.1 Å². The number of carbonyl (C=O) groups is 2. The summed E-state index contributed by atoms with van der Waals surface area (Å²) in [6, 6.07) is 3.90. The van der Waals surface area contributed by atoms with Gasteiger partial charge in [-0.25, -0.2) is 0 Å². The van der Waals surface area contributed by atoms with E-state index in [0.717, 1.165) is 25.1 Å². The number of ketones is 1. The van der Waals surface area contributed by atoms with Gasteiger partial charge in [0.05, 0.1) is 5.56 Å². The van der Waals surface area contributed by atoms with Crippen LogP contribution in [0.5, 0.6) is 0 Å². The zero-order valence-corrected chi connectivity index (χ0v) is 10.4. The van der Waals surface area contributed by atoms with Crippen LogP contribution in [0.1, 0.15) is 31.4 Å². The summed E-state index contributed by atoms with van der Waals surface area (Å²) in [6.45, 7) is 2.52. The fraction of sp³-hybridized carbons (Fsp3) is 0.385. The molecule has 19 heavy (non-hydrogen) atoms. The molecule has 0 heterocycles. The Morgan fingerprint density at radius 1 is 1.21 bits per heavy atom. The minimum Gasteiger partial charge on any atom is -0.480 e. The Morgan fingerprint density at radius 3 is 2.11 bits per heavy atom. The van der Waals surface area contributed by atoms with Crippen LogP contribution in [0.25, 0.3) is 0 Å². The largest absolute Gasteiger partial charge is 0.480 e. The molecule has 0 amide bonds. The Labute approximate surface area is 108 Å². The highest BCUT2D eigenvalue weighted by Crippen LogP contribution is 2.35. The first kappa shape index (κ1) is 15.2. The van der Waals surface area contributed by atoms with Crippen LogP contribution in [0, 0.1) is 0 Å². The average molecular weight is 274 g/mol.